The average molecular weight is 418 g/mol. The summed E-state index contributed by atoms with van der Waals surface area (Å²) in [5.74, 6) is -4.23. The van der Waals surface area contributed by atoms with Crippen molar-refractivity contribution in [3.8, 4) is 5.69 Å². The summed E-state index contributed by atoms with van der Waals surface area (Å²) in [5, 5.41) is 9.13. The third-order valence-electron chi connectivity index (χ3n) is 5.22. The fourth-order valence-corrected chi connectivity index (χ4v) is 3.68. The van der Waals surface area contributed by atoms with Gasteiger partial charge in [-0.2, -0.15) is 0 Å². The zero-order chi connectivity index (χ0) is 21.7. The number of hydrogen-bond acceptors (Lipinski definition) is 5. The maximum atomic E-state index is 15.1. The van der Waals surface area contributed by atoms with Crippen LogP contribution in [-0.4, -0.2) is 39.8 Å². The fraction of sp³-hybridized carbons (Fsp3) is 0.250. The summed E-state index contributed by atoms with van der Waals surface area (Å²) in [6, 6.07) is 2.52. The summed E-state index contributed by atoms with van der Waals surface area (Å²) in [7, 11) is 0. The van der Waals surface area contributed by atoms with Crippen LogP contribution in [0.3, 0.4) is 0 Å². The Balaban J connectivity index is 2.11. The molecule has 10 heteroatoms. The molecule has 1 aromatic carbocycles. The number of fused-ring (bicyclic) bond motifs is 1. The number of carboxylic acid groups (broad SMARTS) is 1. The quantitative estimate of drug-likeness (QED) is 0.677. The number of benzene rings is 1. The second-order valence-corrected chi connectivity index (χ2v) is 7.21. The highest BCUT2D eigenvalue weighted by molar-refractivity contribution is 5.93. The third kappa shape index (κ3) is 3.09. The molecule has 7 nitrogen and oxygen atoms in total. The zero-order valence-corrected chi connectivity index (χ0v) is 15.8. The molecular formula is C20H17F3N4O3. The van der Waals surface area contributed by atoms with E-state index in [0.29, 0.717) is 25.6 Å². The van der Waals surface area contributed by atoms with Crippen molar-refractivity contribution < 1.29 is 23.1 Å². The lowest BCUT2D eigenvalue weighted by atomic mass is 10.1. The molecule has 0 bridgehead atoms. The van der Waals surface area contributed by atoms with Crippen molar-refractivity contribution in [3.05, 3.63) is 63.2 Å². The van der Waals surface area contributed by atoms with Gasteiger partial charge in [0.05, 0.1) is 11.1 Å². The normalized spacial score (nSPS) is 16.4. The van der Waals surface area contributed by atoms with Gasteiger partial charge in [0.25, 0.3) is 0 Å². The molecule has 4 rings (SSSR count). The minimum atomic E-state index is -1.56. The molecule has 1 fully saturated rings. The van der Waals surface area contributed by atoms with E-state index in [1.165, 1.54) is 6.92 Å². The molecule has 1 aliphatic heterocycles. The van der Waals surface area contributed by atoms with Crippen LogP contribution in [0.2, 0.25) is 0 Å². The second kappa shape index (κ2) is 7.13. The first kappa shape index (κ1) is 19.9. The van der Waals surface area contributed by atoms with E-state index in [4.69, 9.17) is 5.73 Å². The summed E-state index contributed by atoms with van der Waals surface area (Å²) in [5.41, 5.74) is 3.79. The highest BCUT2D eigenvalue weighted by Gasteiger charge is 2.28. The van der Waals surface area contributed by atoms with Crippen LogP contribution in [0.15, 0.2) is 29.2 Å². The van der Waals surface area contributed by atoms with Gasteiger partial charge < -0.3 is 15.7 Å². The van der Waals surface area contributed by atoms with Crippen LogP contribution in [-0.2, 0) is 0 Å². The number of rotatable bonds is 3. The number of aromatic nitrogens is 2. The highest BCUT2D eigenvalue weighted by atomic mass is 19.1. The number of anilines is 1. The van der Waals surface area contributed by atoms with E-state index < -0.39 is 34.4 Å². The number of aryl methyl sites for hydroxylation is 1. The largest absolute Gasteiger partial charge is 0.477 e. The lowest BCUT2D eigenvalue weighted by Crippen LogP contribution is -2.29. The molecule has 3 N–H and O–H groups in total. The molecule has 1 atom stereocenters. The van der Waals surface area contributed by atoms with Crippen LogP contribution in [0.5, 0.6) is 0 Å². The minimum Gasteiger partial charge on any atom is -0.477 e. The first-order chi connectivity index (χ1) is 14.2. The molecule has 0 amide bonds. The van der Waals surface area contributed by atoms with E-state index in [0.717, 1.165) is 22.9 Å². The average Bonchev–Trinajstić information content (AvgIpc) is 3.11. The van der Waals surface area contributed by atoms with Gasteiger partial charge in [-0.15, -0.1) is 0 Å². The summed E-state index contributed by atoms with van der Waals surface area (Å²) in [6.07, 6.45) is 1.53. The van der Waals surface area contributed by atoms with E-state index in [1.807, 2.05) is 0 Å². The lowest BCUT2D eigenvalue weighted by molar-refractivity contribution is 0.0695. The number of nitrogens with two attached hydrogens (primary N) is 1. The van der Waals surface area contributed by atoms with Crippen molar-refractivity contribution in [2.24, 2.45) is 5.73 Å². The lowest BCUT2D eigenvalue weighted by Gasteiger charge is -2.21. The number of hydrogen-bond donors (Lipinski definition) is 2. The smallest absolute Gasteiger partial charge is 0.341 e. The van der Waals surface area contributed by atoms with Gasteiger partial charge in [-0.3, -0.25) is 9.36 Å². The predicted octanol–water partition coefficient (Wildman–Crippen LogP) is 2.35. The van der Waals surface area contributed by atoms with E-state index in [9.17, 15) is 23.5 Å². The minimum absolute atomic E-state index is 0.0632. The van der Waals surface area contributed by atoms with Crippen molar-refractivity contribution >= 4 is 22.8 Å². The van der Waals surface area contributed by atoms with Crippen LogP contribution >= 0.6 is 0 Å². The number of aromatic carboxylic acids is 1. The Labute approximate surface area is 168 Å². The van der Waals surface area contributed by atoms with E-state index in [-0.39, 0.29) is 34.1 Å². The molecule has 0 aliphatic carbocycles. The molecule has 2 aromatic heterocycles. The van der Waals surface area contributed by atoms with Gasteiger partial charge in [0.2, 0.25) is 5.43 Å². The fourth-order valence-electron chi connectivity index (χ4n) is 3.68. The monoisotopic (exact) mass is 418 g/mol. The maximum Gasteiger partial charge on any atom is 0.341 e. The summed E-state index contributed by atoms with van der Waals surface area (Å²) in [4.78, 5) is 30.2. The molecule has 3 aromatic rings. The third-order valence-corrected chi connectivity index (χ3v) is 5.22. The van der Waals surface area contributed by atoms with Crippen molar-refractivity contribution in [3.63, 3.8) is 0 Å². The van der Waals surface area contributed by atoms with Crippen molar-refractivity contribution in [1.82, 2.24) is 9.55 Å². The molecule has 30 heavy (non-hydrogen) atoms. The molecule has 1 aliphatic rings. The Hall–Kier alpha value is -3.40. The van der Waals surface area contributed by atoms with Gasteiger partial charge in [0.15, 0.2) is 17.3 Å². The Kier molecular flexibility index (Phi) is 4.73. The van der Waals surface area contributed by atoms with E-state index in [2.05, 4.69) is 4.98 Å². The summed E-state index contributed by atoms with van der Waals surface area (Å²) >= 11 is 0. The number of pyridine rings is 2. The Morgan fingerprint density at radius 3 is 2.63 bits per heavy atom. The Bertz CT molecular complexity index is 1260. The van der Waals surface area contributed by atoms with Gasteiger partial charge in [0, 0.05) is 37.0 Å². The van der Waals surface area contributed by atoms with E-state index in [1.54, 1.807) is 4.90 Å². The Morgan fingerprint density at radius 1 is 1.30 bits per heavy atom. The first-order valence-corrected chi connectivity index (χ1v) is 9.13. The molecule has 0 radical (unpaired) electrons. The highest BCUT2D eigenvalue weighted by Crippen LogP contribution is 2.29. The molecule has 1 saturated heterocycles. The SMILES string of the molecule is Cc1c(F)c(N2CCC(N)C2)nc2c1c(=O)c(C(=O)O)cn2-c1ccc(F)cc1F. The van der Waals surface area contributed by atoms with Crippen LogP contribution in [0, 0.1) is 24.4 Å². The van der Waals surface area contributed by atoms with E-state index >= 15 is 4.39 Å². The second-order valence-electron chi connectivity index (χ2n) is 7.21. The molecule has 3 heterocycles. The first-order valence-electron chi connectivity index (χ1n) is 9.13. The van der Waals surface area contributed by atoms with Gasteiger partial charge in [-0.1, -0.05) is 0 Å². The van der Waals surface area contributed by atoms with Crippen LogP contribution < -0.4 is 16.1 Å². The predicted molar refractivity (Wildman–Crippen MR) is 104 cm³/mol. The number of carboxylic acids is 1. The topological polar surface area (TPSA) is 101 Å². The van der Waals surface area contributed by atoms with Gasteiger partial charge in [-0.05, 0) is 25.5 Å². The number of halogens is 3. The number of carbonyl (C=O) groups is 1. The summed E-state index contributed by atoms with van der Waals surface area (Å²) < 4.78 is 44.1. The zero-order valence-electron chi connectivity index (χ0n) is 15.8. The molecule has 0 spiro atoms. The molecule has 156 valence electrons. The number of nitrogens with zero attached hydrogens (tertiary/aromatic N) is 3. The molecular weight excluding hydrogens is 401 g/mol. The van der Waals surface area contributed by atoms with Crippen molar-refractivity contribution in [2.45, 2.75) is 19.4 Å². The van der Waals surface area contributed by atoms with Crippen LogP contribution in [0.4, 0.5) is 19.0 Å². The van der Waals surface area contributed by atoms with Crippen molar-refractivity contribution in [1.29, 1.82) is 0 Å². The van der Waals surface area contributed by atoms with Crippen LogP contribution in [0.25, 0.3) is 16.7 Å². The van der Waals surface area contributed by atoms with Crippen molar-refractivity contribution in [2.75, 3.05) is 18.0 Å². The Morgan fingerprint density at radius 2 is 2.03 bits per heavy atom. The van der Waals surface area contributed by atoms with Gasteiger partial charge >= 0.3 is 5.97 Å². The van der Waals surface area contributed by atoms with Gasteiger partial charge in [-0.25, -0.2) is 22.9 Å². The maximum absolute atomic E-state index is 15.1. The van der Waals surface area contributed by atoms with Gasteiger partial charge in [0.1, 0.15) is 17.2 Å². The molecule has 1 unspecified atom stereocenters. The summed E-state index contributed by atoms with van der Waals surface area (Å²) in [6.45, 7) is 2.12. The van der Waals surface area contributed by atoms with Crippen LogP contribution in [0.1, 0.15) is 22.3 Å². The molecule has 0 saturated carbocycles. The standard InChI is InChI=1S/C20H17F3N4O3/c1-9-15-17(28)12(20(29)30)8-27(14-3-2-10(21)6-13(14)22)18(15)25-19(16(9)23)26-5-4-11(24)7-26/h2-3,6,8,11H,4-5,7,24H2,1H3,(H,29,30).